The second-order valence-electron chi connectivity index (χ2n) is 5.24. The molecule has 0 saturated heterocycles. The molecule has 0 aliphatic carbocycles. The van der Waals surface area contributed by atoms with Crippen LogP contribution in [0, 0.1) is 0 Å². The third-order valence-electron chi connectivity index (χ3n) is 3.67. The third kappa shape index (κ3) is 3.22. The fourth-order valence-electron chi connectivity index (χ4n) is 2.53. The smallest absolute Gasteiger partial charge is 0.251 e. The molecule has 0 saturated carbocycles. The molecule has 1 aliphatic heterocycles. The van der Waals surface area contributed by atoms with Gasteiger partial charge in [0.25, 0.3) is 5.91 Å². The second-order valence-corrected chi connectivity index (χ2v) is 6.99. The summed E-state index contributed by atoms with van der Waals surface area (Å²) in [5.74, 6) is -0.0413. The number of hydrogen-bond acceptors (Lipinski definition) is 3. The summed E-state index contributed by atoms with van der Waals surface area (Å²) in [7, 11) is 0. The van der Waals surface area contributed by atoms with Gasteiger partial charge in [0.05, 0.1) is 10.4 Å². The molecule has 2 aromatic rings. The quantitative estimate of drug-likeness (QED) is 0.887. The van der Waals surface area contributed by atoms with Crippen LogP contribution in [-0.2, 0) is 6.42 Å². The van der Waals surface area contributed by atoms with Gasteiger partial charge in [0.2, 0.25) is 0 Å². The molecule has 21 heavy (non-hydrogen) atoms. The van der Waals surface area contributed by atoms with Crippen molar-refractivity contribution in [2.24, 2.45) is 0 Å². The highest BCUT2D eigenvalue weighted by atomic mass is 35.5. The molecule has 1 aromatic heterocycles. The fourth-order valence-corrected chi connectivity index (χ4v) is 3.59. The Morgan fingerprint density at radius 2 is 2.24 bits per heavy atom. The van der Waals surface area contributed by atoms with E-state index in [-0.39, 0.29) is 11.9 Å². The number of thiophene rings is 1. The molecule has 1 atom stereocenters. The van der Waals surface area contributed by atoms with Gasteiger partial charge in [-0.25, -0.2) is 0 Å². The molecular weight excluding hydrogens is 304 g/mol. The topological polar surface area (TPSA) is 41.1 Å². The van der Waals surface area contributed by atoms with Gasteiger partial charge in [-0.05, 0) is 55.7 Å². The number of nitrogens with one attached hydrogen (secondary N) is 2. The Labute approximate surface area is 133 Å². The Balaban J connectivity index is 1.73. The van der Waals surface area contributed by atoms with Crippen LogP contribution in [0.4, 0.5) is 5.69 Å². The van der Waals surface area contributed by atoms with Crippen molar-refractivity contribution >= 4 is 34.5 Å². The number of amides is 1. The lowest BCUT2D eigenvalue weighted by Gasteiger charge is -2.19. The third-order valence-corrected chi connectivity index (χ3v) is 5.09. The SMILES string of the molecule is CC(NC(=O)c1ccc2c(c1)CCCN2)c1ccc(Cl)s1. The maximum Gasteiger partial charge on any atom is 0.251 e. The molecule has 2 N–H and O–H groups in total. The van der Waals surface area contributed by atoms with Crippen molar-refractivity contribution in [2.75, 3.05) is 11.9 Å². The van der Waals surface area contributed by atoms with Gasteiger partial charge >= 0.3 is 0 Å². The highest BCUT2D eigenvalue weighted by Crippen LogP contribution is 2.27. The van der Waals surface area contributed by atoms with Crippen molar-refractivity contribution < 1.29 is 4.79 Å². The second kappa shape index (κ2) is 6.08. The fraction of sp³-hybridized carbons (Fsp3) is 0.312. The molecule has 1 amide bonds. The van der Waals surface area contributed by atoms with Gasteiger partial charge in [0, 0.05) is 22.7 Å². The number of benzene rings is 1. The lowest BCUT2D eigenvalue weighted by Crippen LogP contribution is -2.26. The van der Waals surface area contributed by atoms with Gasteiger partial charge in [-0.2, -0.15) is 0 Å². The van der Waals surface area contributed by atoms with Crippen LogP contribution in [0.15, 0.2) is 30.3 Å². The highest BCUT2D eigenvalue weighted by Gasteiger charge is 2.15. The number of carbonyl (C=O) groups is 1. The van der Waals surface area contributed by atoms with E-state index < -0.39 is 0 Å². The Kier molecular flexibility index (Phi) is 4.17. The van der Waals surface area contributed by atoms with Crippen LogP contribution in [0.3, 0.4) is 0 Å². The zero-order valence-electron chi connectivity index (χ0n) is 11.8. The van der Waals surface area contributed by atoms with Gasteiger partial charge in [-0.15, -0.1) is 11.3 Å². The number of fused-ring (bicyclic) bond motifs is 1. The first kappa shape index (κ1) is 14.4. The van der Waals surface area contributed by atoms with Crippen molar-refractivity contribution in [1.82, 2.24) is 5.32 Å². The molecule has 110 valence electrons. The van der Waals surface area contributed by atoms with E-state index in [1.54, 1.807) is 0 Å². The molecule has 1 unspecified atom stereocenters. The Morgan fingerprint density at radius 3 is 3.00 bits per heavy atom. The van der Waals surface area contributed by atoms with E-state index in [9.17, 15) is 4.79 Å². The zero-order chi connectivity index (χ0) is 14.8. The normalized spacial score (nSPS) is 15.0. The number of halogens is 1. The minimum atomic E-state index is -0.0413. The summed E-state index contributed by atoms with van der Waals surface area (Å²) in [5.41, 5.74) is 3.09. The van der Waals surface area contributed by atoms with Crippen LogP contribution >= 0.6 is 22.9 Å². The van der Waals surface area contributed by atoms with E-state index in [0.29, 0.717) is 5.56 Å². The van der Waals surface area contributed by atoms with Crippen molar-refractivity contribution in [3.8, 4) is 0 Å². The van der Waals surface area contributed by atoms with Gasteiger partial charge < -0.3 is 10.6 Å². The summed E-state index contributed by atoms with van der Waals surface area (Å²) >= 11 is 7.43. The molecule has 0 spiro atoms. The summed E-state index contributed by atoms with van der Waals surface area (Å²) in [6.45, 7) is 2.98. The summed E-state index contributed by atoms with van der Waals surface area (Å²) in [6.07, 6.45) is 2.14. The van der Waals surface area contributed by atoms with Crippen LogP contribution in [0.1, 0.15) is 40.2 Å². The van der Waals surface area contributed by atoms with Crippen LogP contribution in [0.25, 0.3) is 0 Å². The minimum Gasteiger partial charge on any atom is -0.385 e. The van der Waals surface area contributed by atoms with E-state index in [4.69, 9.17) is 11.6 Å². The summed E-state index contributed by atoms with van der Waals surface area (Å²) < 4.78 is 0.742. The van der Waals surface area contributed by atoms with E-state index in [0.717, 1.165) is 34.3 Å². The Bertz CT molecular complexity index is 668. The van der Waals surface area contributed by atoms with Crippen molar-refractivity contribution in [3.05, 3.63) is 50.7 Å². The largest absolute Gasteiger partial charge is 0.385 e. The molecule has 0 bridgehead atoms. The van der Waals surface area contributed by atoms with Crippen LogP contribution in [0.2, 0.25) is 4.34 Å². The van der Waals surface area contributed by atoms with E-state index in [1.807, 2.05) is 37.3 Å². The monoisotopic (exact) mass is 320 g/mol. The standard InChI is InChI=1S/C16H17ClN2OS/c1-10(14-6-7-15(17)21-14)19-16(20)12-4-5-13-11(9-12)3-2-8-18-13/h4-7,9-10,18H,2-3,8H2,1H3,(H,19,20). The van der Waals surface area contributed by atoms with Gasteiger partial charge in [-0.1, -0.05) is 11.6 Å². The van der Waals surface area contributed by atoms with Crippen molar-refractivity contribution in [3.63, 3.8) is 0 Å². The predicted octanol–water partition coefficient (Wildman–Crippen LogP) is 4.25. The number of rotatable bonds is 3. The molecule has 2 heterocycles. The van der Waals surface area contributed by atoms with Crippen molar-refractivity contribution in [2.45, 2.75) is 25.8 Å². The first-order valence-electron chi connectivity index (χ1n) is 7.06. The molecule has 0 radical (unpaired) electrons. The molecule has 1 aromatic carbocycles. The molecule has 5 heteroatoms. The average molecular weight is 321 g/mol. The highest BCUT2D eigenvalue weighted by molar-refractivity contribution is 7.16. The lowest BCUT2D eigenvalue weighted by atomic mass is 10.0. The van der Waals surface area contributed by atoms with Crippen LogP contribution in [0.5, 0.6) is 0 Å². The number of hydrogen-bond donors (Lipinski definition) is 2. The first-order chi connectivity index (χ1) is 10.1. The Morgan fingerprint density at radius 1 is 1.38 bits per heavy atom. The predicted molar refractivity (Wildman–Crippen MR) is 88.5 cm³/mol. The summed E-state index contributed by atoms with van der Waals surface area (Å²) in [6, 6.07) is 9.63. The lowest BCUT2D eigenvalue weighted by molar-refractivity contribution is 0.0940. The van der Waals surface area contributed by atoms with E-state index >= 15 is 0 Å². The molecule has 3 nitrogen and oxygen atoms in total. The van der Waals surface area contributed by atoms with Crippen LogP contribution < -0.4 is 10.6 Å². The maximum absolute atomic E-state index is 12.4. The number of aryl methyl sites for hydroxylation is 1. The van der Waals surface area contributed by atoms with Crippen molar-refractivity contribution in [1.29, 1.82) is 0 Å². The number of carbonyl (C=O) groups excluding carboxylic acids is 1. The van der Waals surface area contributed by atoms with Gasteiger partial charge in [0.15, 0.2) is 0 Å². The Hall–Kier alpha value is -1.52. The maximum atomic E-state index is 12.4. The van der Waals surface area contributed by atoms with Gasteiger partial charge in [-0.3, -0.25) is 4.79 Å². The average Bonchev–Trinajstić information content (AvgIpc) is 2.93. The summed E-state index contributed by atoms with van der Waals surface area (Å²) in [4.78, 5) is 13.4. The van der Waals surface area contributed by atoms with Gasteiger partial charge in [0.1, 0.15) is 0 Å². The number of anilines is 1. The first-order valence-corrected chi connectivity index (χ1v) is 8.26. The van der Waals surface area contributed by atoms with Crippen LogP contribution in [-0.4, -0.2) is 12.5 Å². The molecular formula is C16H17ClN2OS. The van der Waals surface area contributed by atoms with E-state index in [1.165, 1.54) is 16.9 Å². The molecule has 1 aliphatic rings. The van der Waals surface area contributed by atoms with E-state index in [2.05, 4.69) is 10.6 Å². The minimum absolute atomic E-state index is 0.0378. The molecule has 3 rings (SSSR count). The molecule has 0 fully saturated rings. The summed E-state index contributed by atoms with van der Waals surface area (Å²) in [5, 5.41) is 6.38. The zero-order valence-corrected chi connectivity index (χ0v) is 13.4.